The average Bonchev–Trinajstić information content (AvgIpc) is 2.65. The summed E-state index contributed by atoms with van der Waals surface area (Å²) in [5.74, 6) is -0.485. The molecule has 0 aromatic heterocycles. The molecule has 1 saturated carbocycles. The smallest absolute Gasteiger partial charge is 0.319 e. The Hall–Kier alpha value is -1.90. The van der Waals surface area contributed by atoms with Gasteiger partial charge >= 0.3 is 5.97 Å². The highest BCUT2D eigenvalue weighted by Crippen LogP contribution is 2.57. The first-order valence-corrected chi connectivity index (χ1v) is 10.7. The number of allylic oxidation sites excluding steroid dienone is 6. The van der Waals surface area contributed by atoms with Gasteiger partial charge in [0.15, 0.2) is 5.78 Å². The van der Waals surface area contributed by atoms with E-state index >= 15 is 0 Å². The Balaban J connectivity index is 3.54. The van der Waals surface area contributed by atoms with E-state index in [0.29, 0.717) is 19.3 Å². The third-order valence-corrected chi connectivity index (χ3v) is 6.63. The maximum absolute atomic E-state index is 13.8. The van der Waals surface area contributed by atoms with E-state index < -0.39 is 11.4 Å². The first-order chi connectivity index (χ1) is 13.6. The van der Waals surface area contributed by atoms with Gasteiger partial charge in [0.2, 0.25) is 0 Å². The molecule has 1 unspecified atom stereocenters. The summed E-state index contributed by atoms with van der Waals surface area (Å²) in [7, 11) is 1.37. The Morgan fingerprint density at radius 2 is 1.72 bits per heavy atom. The summed E-state index contributed by atoms with van der Waals surface area (Å²) in [5, 5.41) is 0. The second-order valence-electron chi connectivity index (χ2n) is 9.25. The van der Waals surface area contributed by atoms with E-state index in [-0.39, 0.29) is 23.0 Å². The van der Waals surface area contributed by atoms with Crippen molar-refractivity contribution < 1.29 is 14.3 Å². The van der Waals surface area contributed by atoms with E-state index in [4.69, 9.17) is 4.74 Å². The zero-order chi connectivity index (χ0) is 22.2. The molecule has 3 nitrogen and oxygen atoms in total. The van der Waals surface area contributed by atoms with Gasteiger partial charge in [-0.2, -0.15) is 0 Å². The molecule has 0 saturated heterocycles. The summed E-state index contributed by atoms with van der Waals surface area (Å²) in [6.45, 7) is 18.3. The number of hydrogen-bond donors (Lipinski definition) is 0. The first-order valence-electron chi connectivity index (χ1n) is 10.7. The van der Waals surface area contributed by atoms with Gasteiger partial charge in [0.05, 0.1) is 7.11 Å². The van der Waals surface area contributed by atoms with Gasteiger partial charge in [0, 0.05) is 5.92 Å². The molecular weight excluding hydrogens is 360 g/mol. The molecule has 0 aromatic carbocycles. The summed E-state index contributed by atoms with van der Waals surface area (Å²) >= 11 is 0. The topological polar surface area (TPSA) is 43.4 Å². The number of hydrogen-bond acceptors (Lipinski definition) is 3. The van der Waals surface area contributed by atoms with Crippen molar-refractivity contribution in [3.05, 3.63) is 48.6 Å². The van der Waals surface area contributed by atoms with Crippen LogP contribution in [0.3, 0.4) is 0 Å². The van der Waals surface area contributed by atoms with Crippen molar-refractivity contribution in [1.29, 1.82) is 0 Å². The standard InChI is InChI=1S/C26H40O3/c1-9-12-22-23(27)26(16-10-2,24(28)29-8)18-21(15-14-20(5)6)25(22,7)17-11-13-19(3)4/h9-10,13-14,21-22H,1-2,11-12,15-18H2,3-8H3/t21-,22?,25+,26+/m0/s1. The van der Waals surface area contributed by atoms with Gasteiger partial charge in [-0.05, 0) is 77.6 Å². The van der Waals surface area contributed by atoms with Crippen molar-refractivity contribution in [1.82, 2.24) is 0 Å². The molecule has 0 bridgehead atoms. The van der Waals surface area contributed by atoms with Crippen molar-refractivity contribution >= 4 is 11.8 Å². The second kappa shape index (κ2) is 10.8. The highest BCUT2D eigenvalue weighted by molar-refractivity contribution is 6.06. The van der Waals surface area contributed by atoms with Crippen molar-refractivity contribution in [2.45, 2.75) is 73.1 Å². The summed E-state index contributed by atoms with van der Waals surface area (Å²) < 4.78 is 5.14. The van der Waals surface area contributed by atoms with Gasteiger partial charge in [-0.15, -0.1) is 13.2 Å². The van der Waals surface area contributed by atoms with Gasteiger partial charge < -0.3 is 4.74 Å². The van der Waals surface area contributed by atoms with Crippen LogP contribution in [0.2, 0.25) is 0 Å². The predicted molar refractivity (Wildman–Crippen MR) is 122 cm³/mol. The molecule has 0 aromatic rings. The van der Waals surface area contributed by atoms with Crippen molar-refractivity contribution in [3.8, 4) is 0 Å². The molecule has 1 rings (SSSR count). The number of Topliss-reactive ketones (excluding diaryl/α,β-unsaturated/α-hetero) is 1. The number of carbonyl (C=O) groups is 2. The van der Waals surface area contributed by atoms with Crippen LogP contribution in [0.1, 0.15) is 73.1 Å². The van der Waals surface area contributed by atoms with Gasteiger partial charge in [-0.1, -0.05) is 42.4 Å². The molecule has 0 aliphatic heterocycles. The van der Waals surface area contributed by atoms with Crippen molar-refractivity contribution in [2.24, 2.45) is 22.7 Å². The molecule has 3 heteroatoms. The minimum Gasteiger partial charge on any atom is -0.468 e. The Labute approximate surface area is 178 Å². The van der Waals surface area contributed by atoms with E-state index in [0.717, 1.165) is 19.3 Å². The zero-order valence-electron chi connectivity index (χ0n) is 19.3. The molecular formula is C26H40O3. The Morgan fingerprint density at radius 3 is 2.21 bits per heavy atom. The van der Waals surface area contributed by atoms with E-state index in [2.05, 4.69) is 59.9 Å². The van der Waals surface area contributed by atoms with Crippen LogP contribution in [-0.4, -0.2) is 18.9 Å². The SMILES string of the molecule is C=CCC1C(=O)[C@](CC=C)(C(=O)OC)C[C@H](CC=C(C)C)[C@@]1(C)CCC=C(C)C. The molecule has 1 fully saturated rings. The van der Waals surface area contributed by atoms with Crippen LogP contribution < -0.4 is 0 Å². The normalized spacial score (nSPS) is 29.0. The number of methoxy groups -OCH3 is 1. The molecule has 162 valence electrons. The second-order valence-corrected chi connectivity index (χ2v) is 9.25. The van der Waals surface area contributed by atoms with Crippen LogP contribution in [0, 0.1) is 22.7 Å². The van der Waals surface area contributed by atoms with Gasteiger partial charge in [-0.3, -0.25) is 9.59 Å². The molecule has 4 atom stereocenters. The van der Waals surface area contributed by atoms with Crippen LogP contribution in [0.5, 0.6) is 0 Å². The number of rotatable bonds is 10. The fourth-order valence-corrected chi connectivity index (χ4v) is 4.89. The lowest BCUT2D eigenvalue weighted by Crippen LogP contribution is -2.56. The summed E-state index contributed by atoms with van der Waals surface area (Å²) in [6, 6.07) is 0. The lowest BCUT2D eigenvalue weighted by atomic mass is 9.49. The van der Waals surface area contributed by atoms with E-state index in [1.54, 1.807) is 6.08 Å². The Morgan fingerprint density at radius 1 is 1.10 bits per heavy atom. The minimum absolute atomic E-state index is 0.00250. The lowest BCUT2D eigenvalue weighted by molar-refractivity contribution is -0.170. The number of carbonyl (C=O) groups excluding carboxylic acids is 2. The van der Waals surface area contributed by atoms with Crippen LogP contribution in [0.15, 0.2) is 48.6 Å². The molecule has 0 spiro atoms. The Bertz CT molecular complexity index is 676. The molecule has 0 radical (unpaired) electrons. The highest BCUT2D eigenvalue weighted by Gasteiger charge is 2.60. The molecule has 29 heavy (non-hydrogen) atoms. The van der Waals surface area contributed by atoms with Crippen LogP contribution >= 0.6 is 0 Å². The van der Waals surface area contributed by atoms with Crippen molar-refractivity contribution in [2.75, 3.05) is 7.11 Å². The van der Waals surface area contributed by atoms with Crippen LogP contribution in [0.4, 0.5) is 0 Å². The maximum atomic E-state index is 13.8. The largest absolute Gasteiger partial charge is 0.468 e. The molecule has 1 aliphatic rings. The van der Waals surface area contributed by atoms with Crippen molar-refractivity contribution in [3.63, 3.8) is 0 Å². The monoisotopic (exact) mass is 400 g/mol. The third-order valence-electron chi connectivity index (χ3n) is 6.63. The third kappa shape index (κ3) is 5.58. The van der Waals surface area contributed by atoms with Crippen LogP contribution in [0.25, 0.3) is 0 Å². The number of ether oxygens (including phenoxy) is 1. The molecule has 0 amide bonds. The Kier molecular flexibility index (Phi) is 9.32. The minimum atomic E-state index is -1.14. The van der Waals surface area contributed by atoms with E-state index in [1.165, 1.54) is 18.3 Å². The van der Waals surface area contributed by atoms with E-state index in [9.17, 15) is 9.59 Å². The van der Waals surface area contributed by atoms with Crippen LogP contribution in [-0.2, 0) is 14.3 Å². The van der Waals surface area contributed by atoms with Gasteiger partial charge in [0.1, 0.15) is 5.41 Å². The van der Waals surface area contributed by atoms with Gasteiger partial charge in [-0.25, -0.2) is 0 Å². The summed E-state index contributed by atoms with van der Waals surface area (Å²) in [6.07, 6.45) is 12.1. The van der Waals surface area contributed by atoms with Gasteiger partial charge in [0.25, 0.3) is 0 Å². The van der Waals surface area contributed by atoms with E-state index in [1.807, 2.05) is 6.08 Å². The molecule has 0 heterocycles. The first kappa shape index (κ1) is 25.1. The fourth-order valence-electron chi connectivity index (χ4n) is 4.89. The lowest BCUT2D eigenvalue weighted by Gasteiger charge is -2.52. The summed E-state index contributed by atoms with van der Waals surface area (Å²) in [5.41, 5.74) is 1.19. The maximum Gasteiger partial charge on any atom is 0.319 e. The zero-order valence-corrected chi connectivity index (χ0v) is 19.3. The quantitative estimate of drug-likeness (QED) is 0.235. The number of ketones is 1. The fraction of sp³-hybridized carbons (Fsp3) is 0.615. The predicted octanol–water partition coefficient (Wildman–Crippen LogP) is 6.61. The summed E-state index contributed by atoms with van der Waals surface area (Å²) in [4.78, 5) is 26.7. The molecule has 1 aliphatic carbocycles. The number of esters is 1. The average molecular weight is 401 g/mol. The molecule has 0 N–H and O–H groups in total. The highest BCUT2D eigenvalue weighted by atomic mass is 16.5.